The molecule has 3 aromatic rings. The van der Waals surface area contributed by atoms with Crippen LogP contribution in [0.25, 0.3) is 11.6 Å². The van der Waals surface area contributed by atoms with E-state index in [1.165, 1.54) is 11.1 Å². The van der Waals surface area contributed by atoms with E-state index in [1.54, 1.807) is 0 Å². The molecular weight excluding hydrogens is 518 g/mol. The summed E-state index contributed by atoms with van der Waals surface area (Å²) in [6.45, 7) is 23.4. The van der Waals surface area contributed by atoms with Gasteiger partial charge in [-0.25, -0.2) is 0 Å². The van der Waals surface area contributed by atoms with E-state index in [0.29, 0.717) is 0 Å². The number of hydrogen-bond acceptors (Lipinski definition) is 4. The Kier molecular flexibility index (Phi) is 7.72. The lowest BCUT2D eigenvalue weighted by atomic mass is 9.78. The Hall–Kier alpha value is -2.63. The van der Waals surface area contributed by atoms with Crippen LogP contribution in [-0.4, -0.2) is 36.6 Å². The van der Waals surface area contributed by atoms with Crippen LogP contribution in [-0.2, 0) is 24.0 Å². The zero-order valence-electron chi connectivity index (χ0n) is 27.3. The Bertz CT molecular complexity index is 1410. The van der Waals surface area contributed by atoms with Gasteiger partial charge in [0.15, 0.2) is 0 Å². The van der Waals surface area contributed by atoms with Crippen LogP contribution < -0.4 is 10.9 Å². The van der Waals surface area contributed by atoms with Crippen LogP contribution >= 0.6 is 0 Å². The Morgan fingerprint density at radius 3 is 1.21 bits per heavy atom. The SMILES string of the molecule is CC(C)(C)c1ccc(C(=Cc2ccc(B3OC(C)(C)C(C)(C)O3)cc2)c2ccc(B3OC(C)(C)C(C)(C)O3)cc2)cc1. The Labute approximate surface area is 254 Å². The lowest BCUT2D eigenvalue weighted by molar-refractivity contribution is 0.00578. The average molecular weight is 564 g/mol. The van der Waals surface area contributed by atoms with Crippen molar-refractivity contribution in [1.82, 2.24) is 0 Å². The van der Waals surface area contributed by atoms with Gasteiger partial charge in [-0.3, -0.25) is 0 Å². The Morgan fingerprint density at radius 2 is 0.857 bits per heavy atom. The summed E-state index contributed by atoms with van der Waals surface area (Å²) in [5.74, 6) is 0. The van der Waals surface area contributed by atoms with E-state index in [0.717, 1.165) is 27.6 Å². The molecule has 2 saturated heterocycles. The second-order valence-corrected chi connectivity index (χ2v) is 14.9. The summed E-state index contributed by atoms with van der Waals surface area (Å²) in [5.41, 5.74) is 6.54. The van der Waals surface area contributed by atoms with Crippen molar-refractivity contribution in [3.8, 4) is 0 Å². The van der Waals surface area contributed by atoms with Crippen molar-refractivity contribution in [2.75, 3.05) is 0 Å². The molecule has 4 nitrogen and oxygen atoms in total. The van der Waals surface area contributed by atoms with Gasteiger partial charge in [0.2, 0.25) is 0 Å². The topological polar surface area (TPSA) is 36.9 Å². The first-order valence-electron chi connectivity index (χ1n) is 15.1. The van der Waals surface area contributed by atoms with Gasteiger partial charge in [0.1, 0.15) is 0 Å². The first-order valence-corrected chi connectivity index (χ1v) is 15.1. The maximum atomic E-state index is 6.30. The van der Waals surface area contributed by atoms with E-state index in [1.807, 2.05) is 0 Å². The number of rotatable bonds is 5. The predicted octanol–water partition coefficient (Wildman–Crippen LogP) is 7.17. The fourth-order valence-corrected chi connectivity index (χ4v) is 5.18. The van der Waals surface area contributed by atoms with Gasteiger partial charge in [-0.05, 0) is 106 Å². The molecule has 0 aromatic heterocycles. The third-order valence-corrected chi connectivity index (χ3v) is 9.58. The van der Waals surface area contributed by atoms with Crippen LogP contribution in [0, 0.1) is 0 Å². The van der Waals surface area contributed by atoms with Gasteiger partial charge in [0.25, 0.3) is 0 Å². The highest BCUT2D eigenvalue weighted by Crippen LogP contribution is 2.38. The molecule has 0 bridgehead atoms. The smallest absolute Gasteiger partial charge is 0.399 e. The molecule has 42 heavy (non-hydrogen) atoms. The second-order valence-electron chi connectivity index (χ2n) is 14.9. The van der Waals surface area contributed by atoms with Crippen molar-refractivity contribution < 1.29 is 18.6 Å². The standard InChI is InChI=1S/C36H46B2O4/c1-32(2,3)28-18-14-26(15-19-28)31(27-16-22-30(23-17-27)38-41-35(8,9)36(10,11)42-38)24-25-12-20-29(21-13-25)37-39-33(4,5)34(6,7)40-37/h12-24H,1-11H3. The highest BCUT2D eigenvalue weighted by Gasteiger charge is 2.52. The molecule has 2 aliphatic rings. The minimum absolute atomic E-state index is 0.0935. The van der Waals surface area contributed by atoms with Gasteiger partial charge in [0.05, 0.1) is 22.4 Å². The zero-order chi connectivity index (χ0) is 30.7. The molecule has 220 valence electrons. The first kappa shape index (κ1) is 30.8. The Balaban J connectivity index is 1.47. The molecule has 3 aromatic carbocycles. The number of benzene rings is 3. The molecule has 2 heterocycles. The summed E-state index contributed by atoms with van der Waals surface area (Å²) in [6.07, 6.45) is 2.25. The van der Waals surface area contributed by atoms with Gasteiger partial charge in [-0.1, -0.05) is 93.6 Å². The van der Waals surface area contributed by atoms with E-state index in [4.69, 9.17) is 18.6 Å². The van der Waals surface area contributed by atoms with Crippen molar-refractivity contribution in [2.45, 2.75) is 104 Å². The predicted molar refractivity (Wildman–Crippen MR) is 176 cm³/mol. The van der Waals surface area contributed by atoms with E-state index >= 15 is 0 Å². The van der Waals surface area contributed by atoms with Crippen molar-refractivity contribution in [3.05, 3.63) is 95.1 Å². The summed E-state index contributed by atoms with van der Waals surface area (Å²) in [5, 5.41) is 0. The van der Waals surface area contributed by atoms with E-state index in [-0.39, 0.29) is 42.1 Å². The molecule has 0 unspecified atom stereocenters. The van der Waals surface area contributed by atoms with Crippen molar-refractivity contribution in [2.24, 2.45) is 0 Å². The van der Waals surface area contributed by atoms with Crippen LogP contribution in [0.3, 0.4) is 0 Å². The molecule has 6 heteroatoms. The highest BCUT2D eigenvalue weighted by molar-refractivity contribution is 6.62. The first-order chi connectivity index (χ1) is 19.4. The highest BCUT2D eigenvalue weighted by atomic mass is 16.7. The largest absolute Gasteiger partial charge is 0.494 e. The number of hydrogen-bond donors (Lipinski definition) is 0. The molecule has 2 fully saturated rings. The van der Waals surface area contributed by atoms with E-state index in [2.05, 4.69) is 155 Å². The molecule has 0 spiro atoms. The lowest BCUT2D eigenvalue weighted by Gasteiger charge is -2.32. The van der Waals surface area contributed by atoms with Crippen LogP contribution in [0.2, 0.25) is 0 Å². The maximum absolute atomic E-state index is 6.30. The van der Waals surface area contributed by atoms with Crippen LogP contribution in [0.5, 0.6) is 0 Å². The van der Waals surface area contributed by atoms with Crippen LogP contribution in [0.1, 0.15) is 98.4 Å². The molecule has 0 atom stereocenters. The fraction of sp³-hybridized carbons (Fsp3) is 0.444. The lowest BCUT2D eigenvalue weighted by Crippen LogP contribution is -2.41. The third kappa shape index (κ3) is 5.92. The Morgan fingerprint density at radius 1 is 0.524 bits per heavy atom. The monoisotopic (exact) mass is 564 g/mol. The molecule has 0 amide bonds. The van der Waals surface area contributed by atoms with E-state index < -0.39 is 0 Å². The van der Waals surface area contributed by atoms with Gasteiger partial charge in [-0.2, -0.15) is 0 Å². The average Bonchev–Trinajstić information content (AvgIpc) is 3.26. The molecule has 0 radical (unpaired) electrons. The quantitative estimate of drug-likeness (QED) is 0.243. The van der Waals surface area contributed by atoms with Gasteiger partial charge < -0.3 is 18.6 Å². The van der Waals surface area contributed by atoms with Gasteiger partial charge in [-0.15, -0.1) is 0 Å². The second kappa shape index (κ2) is 10.5. The molecule has 0 N–H and O–H groups in total. The fourth-order valence-electron chi connectivity index (χ4n) is 5.18. The molecule has 0 aliphatic carbocycles. The van der Waals surface area contributed by atoms with Crippen molar-refractivity contribution in [1.29, 1.82) is 0 Å². The maximum Gasteiger partial charge on any atom is 0.494 e. The van der Waals surface area contributed by atoms with Gasteiger partial charge >= 0.3 is 14.2 Å². The third-order valence-electron chi connectivity index (χ3n) is 9.58. The van der Waals surface area contributed by atoms with Gasteiger partial charge in [0, 0.05) is 0 Å². The van der Waals surface area contributed by atoms with Crippen molar-refractivity contribution in [3.63, 3.8) is 0 Å². The van der Waals surface area contributed by atoms with Crippen LogP contribution in [0.15, 0.2) is 72.8 Å². The summed E-state index contributed by atoms with van der Waals surface area (Å²) in [7, 11) is -0.759. The van der Waals surface area contributed by atoms with Crippen molar-refractivity contribution >= 4 is 36.8 Å². The molecule has 5 rings (SSSR count). The summed E-state index contributed by atoms with van der Waals surface area (Å²) in [6, 6.07) is 26.0. The zero-order valence-corrected chi connectivity index (χ0v) is 27.3. The molecule has 0 saturated carbocycles. The molecular formula is C36H46B2O4. The minimum atomic E-state index is -0.384. The van der Waals surface area contributed by atoms with Crippen LogP contribution in [0.4, 0.5) is 0 Å². The summed E-state index contributed by atoms with van der Waals surface area (Å²) < 4.78 is 25.1. The summed E-state index contributed by atoms with van der Waals surface area (Å²) in [4.78, 5) is 0. The van der Waals surface area contributed by atoms with E-state index in [9.17, 15) is 0 Å². The normalized spacial score (nSPS) is 21.2. The molecule has 2 aliphatic heterocycles. The summed E-state index contributed by atoms with van der Waals surface area (Å²) >= 11 is 0. The minimum Gasteiger partial charge on any atom is -0.399 e.